The molecular formula is C21H18N4O3S. The molecule has 29 heavy (non-hydrogen) atoms. The molecule has 2 aliphatic heterocycles. The second kappa shape index (κ2) is 6.66. The molecule has 0 spiro atoms. The van der Waals surface area contributed by atoms with Crippen molar-refractivity contribution in [1.29, 1.82) is 0 Å². The average molecular weight is 406 g/mol. The molecule has 1 fully saturated rings. The number of thiophene rings is 1. The maximum Gasteiger partial charge on any atom is 0.255 e. The van der Waals surface area contributed by atoms with E-state index in [0.717, 1.165) is 27.9 Å². The zero-order valence-electron chi connectivity index (χ0n) is 15.7. The van der Waals surface area contributed by atoms with E-state index in [2.05, 4.69) is 21.9 Å². The van der Waals surface area contributed by atoms with Crippen LogP contribution in [0, 0.1) is 0 Å². The first-order valence-electron chi connectivity index (χ1n) is 9.35. The van der Waals surface area contributed by atoms with Crippen molar-refractivity contribution in [2.75, 3.05) is 0 Å². The molecule has 0 saturated carbocycles. The van der Waals surface area contributed by atoms with Crippen LogP contribution in [0.25, 0.3) is 22.4 Å². The summed E-state index contributed by atoms with van der Waals surface area (Å²) >= 11 is 1.63. The number of carbonyl (C=O) groups excluding carboxylic acids is 3. The maximum absolute atomic E-state index is 12.9. The van der Waals surface area contributed by atoms with Gasteiger partial charge in [0.05, 0.1) is 11.9 Å². The molecule has 4 heterocycles. The summed E-state index contributed by atoms with van der Waals surface area (Å²) in [5.74, 6) is -0.838. The summed E-state index contributed by atoms with van der Waals surface area (Å²) in [7, 11) is 1.91. The highest BCUT2D eigenvalue weighted by Gasteiger charge is 2.39. The van der Waals surface area contributed by atoms with Crippen molar-refractivity contribution in [3.05, 3.63) is 52.3 Å². The molecule has 2 aliphatic rings. The van der Waals surface area contributed by atoms with Gasteiger partial charge in [-0.05, 0) is 41.1 Å². The number of fused-ring (bicyclic) bond motifs is 1. The van der Waals surface area contributed by atoms with E-state index in [1.807, 2.05) is 41.5 Å². The quantitative estimate of drug-likeness (QED) is 0.678. The monoisotopic (exact) mass is 406 g/mol. The number of amides is 3. The number of aryl methyl sites for hydroxylation is 1. The summed E-state index contributed by atoms with van der Waals surface area (Å²) in [5, 5.41) is 10.9. The SMILES string of the molecule is Cn1ncc(-c2ccc3c(c2)CN(C2CCC(=O)NC2=O)C3=O)c1-c1ccsc1. The molecule has 1 atom stereocenters. The first-order chi connectivity index (χ1) is 14.0. The van der Waals surface area contributed by atoms with E-state index in [-0.39, 0.29) is 18.2 Å². The van der Waals surface area contributed by atoms with E-state index in [1.54, 1.807) is 16.2 Å². The molecule has 0 aliphatic carbocycles. The predicted molar refractivity (Wildman–Crippen MR) is 108 cm³/mol. The van der Waals surface area contributed by atoms with E-state index in [1.165, 1.54) is 0 Å². The Kier molecular flexibility index (Phi) is 4.09. The first kappa shape index (κ1) is 17.8. The second-order valence-electron chi connectivity index (χ2n) is 7.31. The average Bonchev–Trinajstić information content (AvgIpc) is 3.41. The topological polar surface area (TPSA) is 84.3 Å². The number of aromatic nitrogens is 2. The van der Waals surface area contributed by atoms with Crippen LogP contribution >= 0.6 is 11.3 Å². The Balaban J connectivity index is 1.49. The van der Waals surface area contributed by atoms with Crippen LogP contribution in [0.1, 0.15) is 28.8 Å². The Morgan fingerprint density at radius 1 is 1.14 bits per heavy atom. The van der Waals surface area contributed by atoms with Gasteiger partial charge in [0.2, 0.25) is 11.8 Å². The molecule has 1 aromatic carbocycles. The Morgan fingerprint density at radius 2 is 2.00 bits per heavy atom. The molecule has 0 radical (unpaired) electrons. The summed E-state index contributed by atoms with van der Waals surface area (Å²) in [5.41, 5.74) is 5.61. The number of hydrogen-bond donors (Lipinski definition) is 1. The summed E-state index contributed by atoms with van der Waals surface area (Å²) in [6.45, 7) is 0.363. The largest absolute Gasteiger partial charge is 0.322 e. The minimum atomic E-state index is -0.601. The van der Waals surface area contributed by atoms with Gasteiger partial charge in [0.15, 0.2) is 0 Å². The molecule has 1 N–H and O–H groups in total. The van der Waals surface area contributed by atoms with Gasteiger partial charge in [-0.25, -0.2) is 0 Å². The van der Waals surface area contributed by atoms with E-state index < -0.39 is 11.9 Å². The Bertz CT molecular complexity index is 1150. The highest BCUT2D eigenvalue weighted by atomic mass is 32.1. The fourth-order valence-corrected chi connectivity index (χ4v) is 4.77. The third kappa shape index (κ3) is 2.87. The minimum Gasteiger partial charge on any atom is -0.322 e. The molecule has 1 unspecified atom stereocenters. The van der Waals surface area contributed by atoms with E-state index in [4.69, 9.17) is 0 Å². The molecule has 1 saturated heterocycles. The molecule has 8 heteroatoms. The van der Waals surface area contributed by atoms with Crippen LogP contribution in [-0.2, 0) is 23.2 Å². The summed E-state index contributed by atoms with van der Waals surface area (Å²) < 4.78 is 1.85. The predicted octanol–water partition coefficient (Wildman–Crippen LogP) is 2.58. The lowest BCUT2D eigenvalue weighted by molar-refractivity contribution is -0.136. The number of imide groups is 1. The number of nitrogens with one attached hydrogen (secondary N) is 1. The van der Waals surface area contributed by atoms with Gasteiger partial charge in [-0.1, -0.05) is 6.07 Å². The standard InChI is InChI=1S/C21H18N4O3S/c1-24-19(13-6-7-29-11-13)16(9-22-24)12-2-3-15-14(8-12)10-25(21(15)28)17-4-5-18(26)23-20(17)27/h2-3,6-9,11,17H,4-5,10H2,1H3,(H,23,26,27). The summed E-state index contributed by atoms with van der Waals surface area (Å²) in [4.78, 5) is 38.1. The number of nitrogens with zero attached hydrogens (tertiary/aromatic N) is 3. The number of piperidine rings is 1. The van der Waals surface area contributed by atoms with Crippen LogP contribution in [0.5, 0.6) is 0 Å². The Hall–Kier alpha value is -3.26. The zero-order chi connectivity index (χ0) is 20.1. The van der Waals surface area contributed by atoms with Crippen molar-refractivity contribution >= 4 is 29.1 Å². The van der Waals surface area contributed by atoms with Gasteiger partial charge in [0.25, 0.3) is 5.91 Å². The van der Waals surface area contributed by atoms with Gasteiger partial charge in [0.1, 0.15) is 6.04 Å². The van der Waals surface area contributed by atoms with Gasteiger partial charge in [-0.3, -0.25) is 24.4 Å². The Morgan fingerprint density at radius 3 is 2.76 bits per heavy atom. The van der Waals surface area contributed by atoms with E-state index in [9.17, 15) is 14.4 Å². The van der Waals surface area contributed by atoms with Crippen LogP contribution in [0.2, 0.25) is 0 Å². The van der Waals surface area contributed by atoms with Crippen LogP contribution in [-0.4, -0.2) is 38.4 Å². The van der Waals surface area contributed by atoms with Crippen molar-refractivity contribution < 1.29 is 14.4 Å². The summed E-state index contributed by atoms with van der Waals surface area (Å²) in [6, 6.07) is 7.22. The van der Waals surface area contributed by atoms with Gasteiger partial charge in [0, 0.05) is 42.1 Å². The zero-order valence-corrected chi connectivity index (χ0v) is 16.5. The van der Waals surface area contributed by atoms with Crippen molar-refractivity contribution in [3.8, 4) is 22.4 Å². The van der Waals surface area contributed by atoms with Crippen molar-refractivity contribution in [2.24, 2.45) is 7.05 Å². The van der Waals surface area contributed by atoms with Gasteiger partial charge >= 0.3 is 0 Å². The molecule has 3 aromatic rings. The van der Waals surface area contributed by atoms with Gasteiger partial charge < -0.3 is 4.90 Å². The molecule has 3 amide bonds. The van der Waals surface area contributed by atoms with Crippen LogP contribution < -0.4 is 5.32 Å². The normalized spacial score (nSPS) is 18.9. The molecule has 2 aromatic heterocycles. The highest BCUT2D eigenvalue weighted by molar-refractivity contribution is 7.08. The number of benzene rings is 1. The molecule has 146 valence electrons. The van der Waals surface area contributed by atoms with Crippen molar-refractivity contribution in [2.45, 2.75) is 25.4 Å². The third-order valence-corrected chi connectivity index (χ3v) is 6.25. The summed E-state index contributed by atoms with van der Waals surface area (Å²) in [6.07, 6.45) is 2.45. The lowest BCUT2D eigenvalue weighted by Gasteiger charge is -2.29. The second-order valence-corrected chi connectivity index (χ2v) is 8.09. The third-order valence-electron chi connectivity index (χ3n) is 5.57. The van der Waals surface area contributed by atoms with Crippen molar-refractivity contribution in [3.63, 3.8) is 0 Å². The molecular weight excluding hydrogens is 388 g/mol. The van der Waals surface area contributed by atoms with Crippen molar-refractivity contribution in [1.82, 2.24) is 20.0 Å². The molecule has 5 rings (SSSR count). The fourth-order valence-electron chi connectivity index (χ4n) is 4.13. The van der Waals surface area contributed by atoms with E-state index in [0.29, 0.717) is 18.5 Å². The van der Waals surface area contributed by atoms with Crippen LogP contribution in [0.4, 0.5) is 0 Å². The van der Waals surface area contributed by atoms with Crippen LogP contribution in [0.15, 0.2) is 41.2 Å². The lowest BCUT2D eigenvalue weighted by atomic mass is 9.99. The number of carbonyl (C=O) groups is 3. The lowest BCUT2D eigenvalue weighted by Crippen LogP contribution is -2.52. The molecule has 7 nitrogen and oxygen atoms in total. The first-order valence-corrected chi connectivity index (χ1v) is 10.3. The number of hydrogen-bond acceptors (Lipinski definition) is 5. The molecule has 0 bridgehead atoms. The highest BCUT2D eigenvalue weighted by Crippen LogP contribution is 2.36. The fraction of sp³-hybridized carbons (Fsp3) is 0.238. The van der Waals surface area contributed by atoms with Gasteiger partial charge in [-0.15, -0.1) is 0 Å². The smallest absolute Gasteiger partial charge is 0.255 e. The van der Waals surface area contributed by atoms with E-state index >= 15 is 0 Å². The minimum absolute atomic E-state index is 0.162. The van der Waals surface area contributed by atoms with Gasteiger partial charge in [-0.2, -0.15) is 16.4 Å². The van der Waals surface area contributed by atoms with Crippen LogP contribution in [0.3, 0.4) is 0 Å². The number of rotatable bonds is 3. The Labute approximate surface area is 170 Å². The maximum atomic E-state index is 12.9.